The molecule has 2 aromatic carbocycles. The van der Waals surface area contributed by atoms with Crippen LogP contribution in [0.25, 0.3) is 0 Å². The van der Waals surface area contributed by atoms with Crippen molar-refractivity contribution in [2.75, 3.05) is 0 Å². The molecule has 0 aromatic heterocycles. The molecule has 0 atom stereocenters. The molecule has 0 bridgehead atoms. The Kier molecular flexibility index (Phi) is 7.22. The monoisotopic (exact) mass is 336 g/mol. The van der Waals surface area contributed by atoms with Gasteiger partial charge in [0.05, 0.1) is 32.8 Å². The lowest BCUT2D eigenvalue weighted by molar-refractivity contribution is 0.275. The molecule has 0 amide bonds. The maximum atomic E-state index is 9.22. The fourth-order valence-corrected chi connectivity index (χ4v) is 2.37. The molecule has 2 rings (SSSR count). The standard InChI is InChI=1S/C21H20O4/c22-12-18-6-16(7-19(10-18)13-23)4-2-1-3-5-17-8-20(14-24)11-21(9-17)15-25/h6-11,22-25H,1,12-15H2. The van der Waals surface area contributed by atoms with Crippen molar-refractivity contribution in [2.45, 2.75) is 32.8 Å². The maximum absolute atomic E-state index is 9.22. The Hall–Kier alpha value is -2.60. The van der Waals surface area contributed by atoms with Gasteiger partial charge in [-0.15, -0.1) is 0 Å². The summed E-state index contributed by atoms with van der Waals surface area (Å²) in [5.41, 5.74) is 4.28. The van der Waals surface area contributed by atoms with Gasteiger partial charge in [0.25, 0.3) is 0 Å². The van der Waals surface area contributed by atoms with Crippen LogP contribution in [0.2, 0.25) is 0 Å². The molecule has 0 aliphatic rings. The molecule has 0 unspecified atom stereocenters. The van der Waals surface area contributed by atoms with Crippen molar-refractivity contribution in [1.29, 1.82) is 0 Å². The highest BCUT2D eigenvalue weighted by molar-refractivity contribution is 5.43. The highest BCUT2D eigenvalue weighted by Gasteiger charge is 1.99. The SMILES string of the molecule is OCc1cc(C#CCC#Cc2cc(CO)cc(CO)c2)cc(CO)c1. The van der Waals surface area contributed by atoms with E-state index in [0.29, 0.717) is 28.7 Å². The lowest BCUT2D eigenvalue weighted by Gasteiger charge is -2.02. The van der Waals surface area contributed by atoms with Crippen molar-refractivity contribution in [3.63, 3.8) is 0 Å². The largest absolute Gasteiger partial charge is 0.392 e. The normalized spacial score (nSPS) is 9.76. The van der Waals surface area contributed by atoms with E-state index in [1.54, 1.807) is 36.4 Å². The van der Waals surface area contributed by atoms with E-state index in [1.165, 1.54) is 0 Å². The van der Waals surface area contributed by atoms with Crippen molar-refractivity contribution in [3.8, 4) is 23.7 Å². The molecule has 0 spiro atoms. The molecule has 0 aliphatic carbocycles. The van der Waals surface area contributed by atoms with Gasteiger partial charge in [-0.05, 0) is 46.5 Å². The maximum Gasteiger partial charge on any atom is 0.0710 e. The van der Waals surface area contributed by atoms with Crippen LogP contribution in [0.3, 0.4) is 0 Å². The van der Waals surface area contributed by atoms with E-state index in [4.69, 9.17) is 0 Å². The quantitative estimate of drug-likeness (QED) is 0.637. The van der Waals surface area contributed by atoms with Crippen LogP contribution in [0, 0.1) is 23.7 Å². The van der Waals surface area contributed by atoms with Crippen molar-refractivity contribution in [1.82, 2.24) is 0 Å². The van der Waals surface area contributed by atoms with Crippen LogP contribution < -0.4 is 0 Å². The van der Waals surface area contributed by atoms with Crippen molar-refractivity contribution in [2.24, 2.45) is 0 Å². The predicted octanol–water partition coefficient (Wildman–Crippen LogP) is 1.45. The predicted molar refractivity (Wildman–Crippen MR) is 94.9 cm³/mol. The van der Waals surface area contributed by atoms with Gasteiger partial charge in [0.2, 0.25) is 0 Å². The Morgan fingerprint density at radius 3 is 1.12 bits per heavy atom. The van der Waals surface area contributed by atoms with E-state index in [0.717, 1.165) is 11.1 Å². The molecule has 4 nitrogen and oxygen atoms in total. The topological polar surface area (TPSA) is 80.9 Å². The molecule has 0 heterocycles. The summed E-state index contributed by atoms with van der Waals surface area (Å²) in [6, 6.07) is 10.6. The number of aliphatic hydroxyl groups excluding tert-OH is 4. The molecule has 0 fully saturated rings. The zero-order valence-corrected chi connectivity index (χ0v) is 13.8. The Labute approximate surface area is 147 Å². The van der Waals surface area contributed by atoms with Crippen LogP contribution in [0.4, 0.5) is 0 Å². The van der Waals surface area contributed by atoms with Crippen LogP contribution in [0.15, 0.2) is 36.4 Å². The third kappa shape index (κ3) is 5.76. The number of benzene rings is 2. The second kappa shape index (κ2) is 9.64. The van der Waals surface area contributed by atoms with Crippen LogP contribution in [-0.4, -0.2) is 20.4 Å². The van der Waals surface area contributed by atoms with Crippen molar-refractivity contribution < 1.29 is 20.4 Å². The summed E-state index contributed by atoms with van der Waals surface area (Å²) >= 11 is 0. The lowest BCUT2D eigenvalue weighted by Crippen LogP contribution is -1.91. The van der Waals surface area contributed by atoms with E-state index in [9.17, 15) is 20.4 Å². The molecule has 0 aliphatic heterocycles. The van der Waals surface area contributed by atoms with Crippen LogP contribution in [0.1, 0.15) is 39.8 Å². The van der Waals surface area contributed by atoms with Gasteiger partial charge in [0.1, 0.15) is 0 Å². The first-order chi connectivity index (χ1) is 12.2. The first-order valence-electron chi connectivity index (χ1n) is 7.85. The Balaban J connectivity index is 2.10. The summed E-state index contributed by atoms with van der Waals surface area (Å²) in [7, 11) is 0. The average molecular weight is 336 g/mol. The van der Waals surface area contributed by atoms with E-state index in [1.807, 2.05) is 0 Å². The third-order valence-corrected chi connectivity index (χ3v) is 3.48. The van der Waals surface area contributed by atoms with E-state index in [2.05, 4.69) is 23.7 Å². The Morgan fingerprint density at radius 1 is 0.520 bits per heavy atom. The van der Waals surface area contributed by atoms with Gasteiger partial charge in [-0.3, -0.25) is 0 Å². The molecule has 0 saturated heterocycles. The number of rotatable bonds is 4. The van der Waals surface area contributed by atoms with Crippen LogP contribution in [0.5, 0.6) is 0 Å². The molecule has 0 saturated carbocycles. The zero-order chi connectivity index (χ0) is 18.1. The molecule has 4 N–H and O–H groups in total. The summed E-state index contributed by atoms with van der Waals surface area (Å²) in [6.45, 7) is -0.402. The van der Waals surface area contributed by atoms with Crippen molar-refractivity contribution in [3.05, 3.63) is 69.8 Å². The molecule has 128 valence electrons. The van der Waals surface area contributed by atoms with E-state index < -0.39 is 0 Å². The van der Waals surface area contributed by atoms with Crippen molar-refractivity contribution >= 4 is 0 Å². The molecule has 25 heavy (non-hydrogen) atoms. The molecule has 4 heteroatoms. The van der Waals surface area contributed by atoms with Gasteiger partial charge < -0.3 is 20.4 Å². The number of hydrogen-bond acceptors (Lipinski definition) is 4. The second-order valence-corrected chi connectivity index (χ2v) is 5.49. The van der Waals surface area contributed by atoms with Gasteiger partial charge in [-0.25, -0.2) is 0 Å². The van der Waals surface area contributed by atoms with Crippen LogP contribution >= 0.6 is 0 Å². The highest BCUT2D eigenvalue weighted by Crippen LogP contribution is 2.11. The summed E-state index contributed by atoms with van der Waals surface area (Å²) in [6.07, 6.45) is 0.357. The first kappa shape index (κ1) is 18.7. The Bertz CT molecular complexity index is 732. The minimum Gasteiger partial charge on any atom is -0.392 e. The Morgan fingerprint density at radius 2 is 0.840 bits per heavy atom. The first-order valence-corrected chi connectivity index (χ1v) is 7.85. The summed E-state index contributed by atoms with van der Waals surface area (Å²) in [5.74, 6) is 11.8. The number of hydrogen-bond donors (Lipinski definition) is 4. The van der Waals surface area contributed by atoms with Gasteiger partial charge >= 0.3 is 0 Å². The van der Waals surface area contributed by atoms with Gasteiger partial charge in [0, 0.05) is 11.1 Å². The van der Waals surface area contributed by atoms with Gasteiger partial charge in [0.15, 0.2) is 0 Å². The van der Waals surface area contributed by atoms with Crippen LogP contribution in [-0.2, 0) is 26.4 Å². The molecule has 0 radical (unpaired) electrons. The average Bonchev–Trinajstić information content (AvgIpc) is 2.66. The van der Waals surface area contributed by atoms with Gasteiger partial charge in [-0.2, -0.15) is 0 Å². The lowest BCUT2D eigenvalue weighted by atomic mass is 10.1. The molecule has 2 aromatic rings. The molecular weight excluding hydrogens is 316 g/mol. The highest BCUT2D eigenvalue weighted by atomic mass is 16.3. The summed E-state index contributed by atoms with van der Waals surface area (Å²) in [4.78, 5) is 0. The third-order valence-electron chi connectivity index (χ3n) is 3.48. The summed E-state index contributed by atoms with van der Waals surface area (Å²) < 4.78 is 0. The van der Waals surface area contributed by atoms with E-state index in [-0.39, 0.29) is 26.4 Å². The van der Waals surface area contributed by atoms with E-state index >= 15 is 0 Å². The fraction of sp³-hybridized carbons (Fsp3) is 0.238. The smallest absolute Gasteiger partial charge is 0.0710 e. The molecular formula is C21H20O4. The minimum absolute atomic E-state index is 0.100. The minimum atomic E-state index is -0.100. The second-order valence-electron chi connectivity index (χ2n) is 5.49. The zero-order valence-electron chi connectivity index (χ0n) is 13.8. The van der Waals surface area contributed by atoms with Gasteiger partial charge in [-0.1, -0.05) is 35.8 Å². The fourth-order valence-electron chi connectivity index (χ4n) is 2.37. The number of aliphatic hydroxyl groups is 4. The summed E-state index contributed by atoms with van der Waals surface area (Å²) in [5, 5.41) is 36.9.